The zero-order chi connectivity index (χ0) is 38.2. The third kappa shape index (κ3) is 9.83. The zero-order valence-electron chi connectivity index (χ0n) is 30.2. The van der Waals surface area contributed by atoms with Crippen molar-refractivity contribution in [2.45, 2.75) is 79.1 Å². The molecule has 12 heteroatoms. The third-order valence-electron chi connectivity index (χ3n) is 8.07. The fraction of sp³-hybridized carbons (Fsp3) is 0.400. The van der Waals surface area contributed by atoms with Crippen LogP contribution < -0.4 is 18.9 Å². The minimum absolute atomic E-state index is 0.0850. The third-order valence-corrected chi connectivity index (χ3v) is 8.07. The van der Waals surface area contributed by atoms with Crippen LogP contribution in [0.4, 0.5) is 0 Å². The molecule has 4 aromatic rings. The summed E-state index contributed by atoms with van der Waals surface area (Å²) in [6.07, 6.45) is 6.48. The smallest absolute Gasteiger partial charge is 0.340 e. The molecule has 0 heterocycles. The molecule has 0 radical (unpaired) electrons. The second-order valence-corrected chi connectivity index (χ2v) is 11.9. The Labute approximate surface area is 302 Å². The number of carbonyl (C=O) groups is 4. The number of benzene rings is 4. The Kier molecular flexibility index (Phi) is 16.0. The van der Waals surface area contributed by atoms with Crippen LogP contribution in [0, 0.1) is 0 Å². The van der Waals surface area contributed by atoms with E-state index < -0.39 is 23.9 Å². The van der Waals surface area contributed by atoms with Gasteiger partial charge < -0.3 is 39.4 Å². The topological polar surface area (TPSA) is 186 Å². The molecule has 280 valence electrons. The number of carboxylic acids is 4. The largest absolute Gasteiger partial charge is 0.492 e. The maximum Gasteiger partial charge on any atom is 0.340 e. The number of fused-ring (bicyclic) bond motifs is 2. The molecular weight excluding hydrogens is 672 g/mol. The Bertz CT molecular complexity index is 1600. The second kappa shape index (κ2) is 20.4. The quantitative estimate of drug-likeness (QED) is 0.0635. The van der Waals surface area contributed by atoms with Crippen LogP contribution in [0.2, 0.25) is 0 Å². The predicted molar refractivity (Wildman–Crippen MR) is 197 cm³/mol. The van der Waals surface area contributed by atoms with Gasteiger partial charge in [-0.15, -0.1) is 0 Å². The molecular formula is C40H48O12. The number of hydrogen-bond acceptors (Lipinski definition) is 8. The van der Waals surface area contributed by atoms with Gasteiger partial charge in [0.15, 0.2) is 0 Å². The summed E-state index contributed by atoms with van der Waals surface area (Å²) < 4.78 is 22.9. The van der Waals surface area contributed by atoms with Gasteiger partial charge in [0, 0.05) is 21.5 Å². The first kappa shape index (κ1) is 40.9. The lowest BCUT2D eigenvalue weighted by Crippen LogP contribution is -2.15. The van der Waals surface area contributed by atoms with Crippen molar-refractivity contribution in [2.24, 2.45) is 0 Å². The fourth-order valence-electron chi connectivity index (χ4n) is 5.44. The van der Waals surface area contributed by atoms with Gasteiger partial charge >= 0.3 is 23.9 Å². The summed E-state index contributed by atoms with van der Waals surface area (Å²) in [7, 11) is 0. The number of unbranched alkanes of at least 4 members (excludes halogenated alkanes) is 4. The van der Waals surface area contributed by atoms with Crippen LogP contribution in [0.25, 0.3) is 21.5 Å². The van der Waals surface area contributed by atoms with Crippen LogP contribution in [-0.4, -0.2) is 70.7 Å². The van der Waals surface area contributed by atoms with Crippen LogP contribution in [0.5, 0.6) is 23.0 Å². The van der Waals surface area contributed by atoms with Crippen LogP contribution in [0.1, 0.15) is 120 Å². The molecule has 0 atom stereocenters. The summed E-state index contributed by atoms with van der Waals surface area (Å²) in [5, 5.41) is 41.0. The van der Waals surface area contributed by atoms with Crippen molar-refractivity contribution in [3.63, 3.8) is 0 Å². The average Bonchev–Trinajstić information content (AvgIpc) is 3.12. The van der Waals surface area contributed by atoms with E-state index in [0.29, 0.717) is 48.0 Å². The van der Waals surface area contributed by atoms with E-state index in [1.807, 2.05) is 27.7 Å². The second-order valence-electron chi connectivity index (χ2n) is 11.9. The van der Waals surface area contributed by atoms with Gasteiger partial charge in [-0.2, -0.15) is 0 Å². The van der Waals surface area contributed by atoms with E-state index in [9.17, 15) is 39.6 Å². The molecule has 0 aliphatic carbocycles. The highest BCUT2D eigenvalue weighted by atomic mass is 16.5. The van der Waals surface area contributed by atoms with Crippen molar-refractivity contribution < 1.29 is 58.6 Å². The molecule has 0 bridgehead atoms. The number of carboxylic acid groups (broad SMARTS) is 4. The molecule has 0 saturated heterocycles. The van der Waals surface area contributed by atoms with Gasteiger partial charge in [-0.05, 0) is 25.7 Å². The summed E-state index contributed by atoms with van der Waals surface area (Å²) in [6.45, 7) is 9.23. The highest BCUT2D eigenvalue weighted by molar-refractivity contribution is 6.15. The monoisotopic (exact) mass is 720 g/mol. The van der Waals surface area contributed by atoms with E-state index in [-0.39, 0.29) is 45.3 Å². The van der Waals surface area contributed by atoms with Crippen molar-refractivity contribution in [3.8, 4) is 23.0 Å². The molecule has 4 rings (SSSR count). The Morgan fingerprint density at radius 3 is 0.750 bits per heavy atom. The average molecular weight is 721 g/mol. The predicted octanol–water partition coefficient (Wildman–Crippen LogP) is 9.19. The van der Waals surface area contributed by atoms with Gasteiger partial charge in [0.1, 0.15) is 45.3 Å². The molecule has 0 spiro atoms. The van der Waals surface area contributed by atoms with Crippen molar-refractivity contribution >= 4 is 45.4 Å². The molecule has 4 aromatic carbocycles. The fourth-order valence-corrected chi connectivity index (χ4v) is 5.44. The van der Waals surface area contributed by atoms with Crippen LogP contribution in [0.15, 0.2) is 48.5 Å². The summed E-state index contributed by atoms with van der Waals surface area (Å²) in [4.78, 5) is 47.6. The van der Waals surface area contributed by atoms with E-state index >= 15 is 0 Å². The molecule has 0 aromatic heterocycles. The van der Waals surface area contributed by atoms with Gasteiger partial charge in [-0.25, -0.2) is 19.2 Å². The van der Waals surface area contributed by atoms with Gasteiger partial charge in [-0.3, -0.25) is 0 Å². The molecule has 0 saturated carbocycles. The maximum absolute atomic E-state index is 11.9. The Balaban J connectivity index is 0.000000280. The lowest BCUT2D eigenvalue weighted by molar-refractivity contribution is 0.0644. The Morgan fingerprint density at radius 1 is 0.404 bits per heavy atom. The first-order valence-corrected chi connectivity index (χ1v) is 17.7. The molecule has 0 aliphatic rings. The SMILES string of the molecule is CCCCOc1c(C(=O)O)c(C(=O)O)c(OCCCC)c2ccccc12.CCCCOc1c(C(=O)O)c(C(=O)O)c(OCCCC)c2ccccc12. The van der Waals surface area contributed by atoms with Crippen molar-refractivity contribution in [3.05, 3.63) is 70.8 Å². The standard InChI is InChI=1S/2C20H24O6/c2*1-3-5-11-25-17-13-9-7-8-10-14(13)18(26-12-6-4-2)16(20(23)24)15(17)19(21)22/h2*7-10H,3-6,11-12H2,1-2H3,(H,21,22)(H,23,24). The molecule has 0 fully saturated rings. The molecule has 52 heavy (non-hydrogen) atoms. The molecule has 4 N–H and O–H groups in total. The van der Waals surface area contributed by atoms with Crippen molar-refractivity contribution in [1.29, 1.82) is 0 Å². The van der Waals surface area contributed by atoms with Crippen molar-refractivity contribution in [2.75, 3.05) is 26.4 Å². The van der Waals surface area contributed by atoms with E-state index in [1.165, 1.54) is 0 Å². The summed E-state index contributed by atoms with van der Waals surface area (Å²) >= 11 is 0. The molecule has 0 aliphatic heterocycles. The minimum Gasteiger partial charge on any atom is -0.492 e. The van der Waals surface area contributed by atoms with Crippen LogP contribution in [0.3, 0.4) is 0 Å². The normalized spacial score (nSPS) is 10.7. The van der Waals surface area contributed by atoms with Crippen LogP contribution >= 0.6 is 0 Å². The van der Waals surface area contributed by atoms with E-state index in [0.717, 1.165) is 51.4 Å². The Morgan fingerprint density at radius 2 is 0.596 bits per heavy atom. The number of aromatic carboxylic acids is 4. The van der Waals surface area contributed by atoms with Crippen LogP contribution in [-0.2, 0) is 0 Å². The first-order chi connectivity index (χ1) is 25.0. The summed E-state index contributed by atoms with van der Waals surface area (Å²) in [5.74, 6) is -5.05. The van der Waals surface area contributed by atoms with Gasteiger partial charge in [-0.1, -0.05) is 102 Å². The van der Waals surface area contributed by atoms with Gasteiger partial charge in [0.05, 0.1) is 26.4 Å². The highest BCUT2D eigenvalue weighted by Gasteiger charge is 2.31. The number of ether oxygens (including phenoxy) is 4. The lowest BCUT2D eigenvalue weighted by atomic mass is 9.97. The zero-order valence-corrected chi connectivity index (χ0v) is 30.2. The highest BCUT2D eigenvalue weighted by Crippen LogP contribution is 2.43. The van der Waals surface area contributed by atoms with E-state index in [2.05, 4.69) is 0 Å². The maximum atomic E-state index is 11.9. The summed E-state index contributed by atoms with van der Waals surface area (Å²) in [6, 6.07) is 13.9. The van der Waals surface area contributed by atoms with Gasteiger partial charge in [0.25, 0.3) is 0 Å². The number of hydrogen-bond donors (Lipinski definition) is 4. The first-order valence-electron chi connectivity index (χ1n) is 17.7. The van der Waals surface area contributed by atoms with E-state index in [4.69, 9.17) is 18.9 Å². The van der Waals surface area contributed by atoms with E-state index in [1.54, 1.807) is 48.5 Å². The summed E-state index contributed by atoms with van der Waals surface area (Å²) in [5.41, 5.74) is -1.45. The van der Waals surface area contributed by atoms with Gasteiger partial charge in [0.2, 0.25) is 0 Å². The lowest BCUT2D eigenvalue weighted by Gasteiger charge is -2.19. The molecule has 12 nitrogen and oxygen atoms in total. The minimum atomic E-state index is -1.35. The molecule has 0 amide bonds. The number of rotatable bonds is 20. The molecule has 0 unspecified atom stereocenters. The Hall–Kier alpha value is -5.52. The van der Waals surface area contributed by atoms with Crippen molar-refractivity contribution in [1.82, 2.24) is 0 Å².